The maximum absolute atomic E-state index is 13.0. The van der Waals surface area contributed by atoms with Gasteiger partial charge in [-0.05, 0) is 31.2 Å². The van der Waals surface area contributed by atoms with Gasteiger partial charge in [-0.15, -0.1) is 0 Å². The van der Waals surface area contributed by atoms with Crippen molar-refractivity contribution in [1.29, 1.82) is 0 Å². The average molecular weight is 368 g/mol. The maximum atomic E-state index is 13.0. The third-order valence-corrected chi connectivity index (χ3v) is 3.75. The van der Waals surface area contributed by atoms with Crippen LogP contribution in [-0.2, 0) is 6.18 Å². The molecule has 0 saturated heterocycles. The van der Waals surface area contributed by atoms with Crippen LogP contribution in [0.15, 0.2) is 35.1 Å². The highest BCUT2D eigenvalue weighted by Crippen LogP contribution is 2.30. The highest BCUT2D eigenvalue weighted by molar-refractivity contribution is 5.98. The van der Waals surface area contributed by atoms with Crippen LogP contribution in [0.1, 0.15) is 32.0 Å². The standard InChI is InChI=1S/C17H15F3N2O4/c1-9-12(14(23)21(2)3)8-13(16(25)26)15(24)22(9)11-6-4-5-10(7-11)17(18,19)20/h4-8H,1-3H3,(H,25,26). The molecule has 0 aliphatic carbocycles. The fourth-order valence-corrected chi connectivity index (χ4v) is 2.45. The fourth-order valence-electron chi connectivity index (χ4n) is 2.45. The van der Waals surface area contributed by atoms with E-state index in [1.807, 2.05) is 0 Å². The summed E-state index contributed by atoms with van der Waals surface area (Å²) in [6.45, 7) is 1.37. The number of hydrogen-bond donors (Lipinski definition) is 1. The number of amides is 1. The lowest BCUT2D eigenvalue weighted by Gasteiger charge is -2.18. The number of halogens is 3. The zero-order chi connectivity index (χ0) is 19.8. The Balaban J connectivity index is 2.86. The summed E-state index contributed by atoms with van der Waals surface area (Å²) in [5.41, 5.74) is -2.97. The summed E-state index contributed by atoms with van der Waals surface area (Å²) >= 11 is 0. The van der Waals surface area contributed by atoms with Crippen LogP contribution in [-0.4, -0.2) is 40.5 Å². The molecule has 1 heterocycles. The van der Waals surface area contributed by atoms with Crippen molar-refractivity contribution < 1.29 is 27.9 Å². The summed E-state index contributed by atoms with van der Waals surface area (Å²) in [6, 6.07) is 4.83. The largest absolute Gasteiger partial charge is 0.477 e. The van der Waals surface area contributed by atoms with Gasteiger partial charge in [0.1, 0.15) is 5.56 Å². The Bertz CT molecular complexity index is 946. The minimum absolute atomic E-state index is 0.0398. The molecule has 9 heteroatoms. The molecule has 1 aromatic carbocycles. The molecule has 1 aromatic heterocycles. The lowest BCUT2D eigenvalue weighted by Crippen LogP contribution is -2.32. The number of benzene rings is 1. The normalized spacial score (nSPS) is 11.3. The van der Waals surface area contributed by atoms with Gasteiger partial charge in [-0.3, -0.25) is 14.2 Å². The van der Waals surface area contributed by atoms with Gasteiger partial charge in [0.2, 0.25) is 0 Å². The van der Waals surface area contributed by atoms with Gasteiger partial charge in [0, 0.05) is 25.5 Å². The Hall–Kier alpha value is -3.10. The average Bonchev–Trinajstić information content (AvgIpc) is 2.53. The van der Waals surface area contributed by atoms with Crippen molar-refractivity contribution in [2.24, 2.45) is 0 Å². The molecule has 2 aromatic rings. The van der Waals surface area contributed by atoms with Crippen molar-refractivity contribution in [2.75, 3.05) is 14.1 Å². The molecule has 0 radical (unpaired) electrons. The van der Waals surface area contributed by atoms with Gasteiger partial charge in [-0.1, -0.05) is 6.07 Å². The molecular formula is C17H15F3N2O4. The molecule has 0 aliphatic rings. The predicted molar refractivity (Wildman–Crippen MR) is 86.8 cm³/mol. The number of alkyl halides is 3. The number of carboxylic acid groups (broad SMARTS) is 1. The first-order valence-corrected chi connectivity index (χ1v) is 7.34. The summed E-state index contributed by atoms with van der Waals surface area (Å²) in [5.74, 6) is -2.16. The lowest BCUT2D eigenvalue weighted by atomic mass is 10.1. The number of rotatable bonds is 3. The number of carboxylic acids is 1. The second-order valence-electron chi connectivity index (χ2n) is 5.75. The smallest absolute Gasteiger partial charge is 0.416 e. The van der Waals surface area contributed by atoms with Crippen LogP contribution < -0.4 is 5.56 Å². The van der Waals surface area contributed by atoms with E-state index < -0.39 is 34.7 Å². The zero-order valence-corrected chi connectivity index (χ0v) is 14.1. The van der Waals surface area contributed by atoms with Crippen LogP contribution in [0.2, 0.25) is 0 Å². The van der Waals surface area contributed by atoms with Gasteiger partial charge in [-0.2, -0.15) is 13.2 Å². The predicted octanol–water partition coefficient (Wildman–Crippen LogP) is 2.56. The van der Waals surface area contributed by atoms with Crippen LogP contribution >= 0.6 is 0 Å². The van der Waals surface area contributed by atoms with E-state index in [1.54, 1.807) is 0 Å². The summed E-state index contributed by atoms with van der Waals surface area (Å²) in [4.78, 5) is 37.4. The van der Waals surface area contributed by atoms with Crippen molar-refractivity contribution in [3.8, 4) is 5.69 Å². The first kappa shape index (κ1) is 19.2. The van der Waals surface area contributed by atoms with E-state index in [1.165, 1.54) is 32.0 Å². The van der Waals surface area contributed by atoms with Crippen LogP contribution in [0.3, 0.4) is 0 Å². The Labute approximate surface area is 146 Å². The number of aromatic carboxylic acids is 1. The Kier molecular flexibility index (Phi) is 4.93. The highest BCUT2D eigenvalue weighted by atomic mass is 19.4. The SMILES string of the molecule is Cc1c(C(=O)N(C)C)cc(C(=O)O)c(=O)n1-c1cccc(C(F)(F)F)c1. The maximum Gasteiger partial charge on any atom is 0.416 e. The second-order valence-corrected chi connectivity index (χ2v) is 5.75. The molecule has 0 unspecified atom stereocenters. The minimum Gasteiger partial charge on any atom is -0.477 e. The molecule has 6 nitrogen and oxygen atoms in total. The molecule has 0 bridgehead atoms. The Morgan fingerprint density at radius 2 is 1.73 bits per heavy atom. The molecule has 2 rings (SSSR count). The number of pyridine rings is 1. The monoisotopic (exact) mass is 368 g/mol. The molecule has 1 N–H and O–H groups in total. The Morgan fingerprint density at radius 3 is 2.23 bits per heavy atom. The van der Waals surface area contributed by atoms with Crippen molar-refractivity contribution in [2.45, 2.75) is 13.1 Å². The van der Waals surface area contributed by atoms with E-state index in [9.17, 15) is 32.7 Å². The molecule has 0 atom stereocenters. The van der Waals surface area contributed by atoms with Gasteiger partial charge < -0.3 is 10.0 Å². The minimum atomic E-state index is -4.64. The highest BCUT2D eigenvalue weighted by Gasteiger charge is 2.31. The van der Waals surface area contributed by atoms with E-state index in [0.717, 1.165) is 28.8 Å². The molecule has 0 aliphatic heterocycles. The van der Waals surface area contributed by atoms with Crippen molar-refractivity contribution in [1.82, 2.24) is 9.47 Å². The molecule has 138 valence electrons. The third kappa shape index (κ3) is 3.46. The number of carbonyl (C=O) groups is 2. The molecule has 0 saturated carbocycles. The van der Waals surface area contributed by atoms with E-state index >= 15 is 0 Å². The summed E-state index contributed by atoms with van der Waals surface area (Å²) < 4.78 is 39.7. The van der Waals surface area contributed by atoms with Gasteiger partial charge in [-0.25, -0.2) is 4.79 Å². The van der Waals surface area contributed by atoms with Gasteiger partial charge >= 0.3 is 12.1 Å². The van der Waals surface area contributed by atoms with Crippen LogP contribution in [0.5, 0.6) is 0 Å². The zero-order valence-electron chi connectivity index (χ0n) is 14.1. The van der Waals surface area contributed by atoms with E-state index in [2.05, 4.69) is 0 Å². The summed E-state index contributed by atoms with van der Waals surface area (Å²) in [6.07, 6.45) is -4.64. The quantitative estimate of drug-likeness (QED) is 0.903. The number of nitrogens with zero attached hydrogens (tertiary/aromatic N) is 2. The van der Waals surface area contributed by atoms with E-state index in [-0.39, 0.29) is 16.9 Å². The van der Waals surface area contributed by atoms with Crippen molar-refractivity contribution in [3.63, 3.8) is 0 Å². The second kappa shape index (κ2) is 6.66. The van der Waals surface area contributed by atoms with Gasteiger partial charge in [0.25, 0.3) is 11.5 Å². The molecule has 1 amide bonds. The van der Waals surface area contributed by atoms with Gasteiger partial charge in [0.15, 0.2) is 0 Å². The number of carbonyl (C=O) groups excluding carboxylic acids is 1. The van der Waals surface area contributed by atoms with Crippen molar-refractivity contribution >= 4 is 11.9 Å². The Morgan fingerprint density at radius 1 is 1.12 bits per heavy atom. The van der Waals surface area contributed by atoms with Crippen LogP contribution in [0.25, 0.3) is 5.69 Å². The molecular weight excluding hydrogens is 353 g/mol. The van der Waals surface area contributed by atoms with Gasteiger partial charge in [0.05, 0.1) is 11.1 Å². The van der Waals surface area contributed by atoms with E-state index in [0.29, 0.717) is 0 Å². The first-order chi connectivity index (χ1) is 11.9. The van der Waals surface area contributed by atoms with E-state index in [4.69, 9.17) is 0 Å². The number of hydrogen-bond acceptors (Lipinski definition) is 3. The lowest BCUT2D eigenvalue weighted by molar-refractivity contribution is -0.137. The fraction of sp³-hybridized carbons (Fsp3) is 0.235. The molecule has 0 spiro atoms. The van der Waals surface area contributed by atoms with Crippen LogP contribution in [0.4, 0.5) is 13.2 Å². The molecule has 0 fully saturated rings. The summed E-state index contributed by atoms with van der Waals surface area (Å²) in [5, 5.41) is 9.24. The topological polar surface area (TPSA) is 79.6 Å². The van der Waals surface area contributed by atoms with Crippen molar-refractivity contribution in [3.05, 3.63) is 63.1 Å². The van der Waals surface area contributed by atoms with Crippen LogP contribution in [0, 0.1) is 6.92 Å². The molecule has 26 heavy (non-hydrogen) atoms. The summed E-state index contributed by atoms with van der Waals surface area (Å²) in [7, 11) is 2.86. The third-order valence-electron chi connectivity index (χ3n) is 3.75. The number of aromatic nitrogens is 1. The first-order valence-electron chi connectivity index (χ1n) is 7.34.